The zero-order chi connectivity index (χ0) is 15.2. The van der Waals surface area contributed by atoms with E-state index < -0.39 is 0 Å². The smallest absolute Gasteiger partial charge is 0.269 e. The van der Waals surface area contributed by atoms with Crippen LogP contribution in [0.1, 0.15) is 33.5 Å². The van der Waals surface area contributed by atoms with Gasteiger partial charge in [-0.3, -0.25) is 9.48 Å². The molecule has 3 N–H and O–H groups in total. The molecule has 110 valence electrons. The van der Waals surface area contributed by atoms with Gasteiger partial charge in [0.2, 0.25) is 0 Å². The molecule has 5 nitrogen and oxygen atoms in total. The van der Waals surface area contributed by atoms with Crippen LogP contribution >= 0.6 is 11.3 Å². The van der Waals surface area contributed by atoms with Gasteiger partial charge in [0.15, 0.2) is 0 Å². The van der Waals surface area contributed by atoms with Gasteiger partial charge in [0.1, 0.15) is 5.69 Å². The summed E-state index contributed by atoms with van der Waals surface area (Å²) in [7, 11) is 0. The highest BCUT2D eigenvalue weighted by atomic mass is 32.1. The first kappa shape index (κ1) is 15.3. The molecule has 0 fully saturated rings. The standard InChI is InChI=1S/C15H18N4OS/c1-3-19-13(9-11(2)18-19)15(20)17-10-14-12(5-4-7-16)6-8-21-14/h6,8-9H,3,7,10,16H2,1-2H3,(H,17,20). The summed E-state index contributed by atoms with van der Waals surface area (Å²) in [5.41, 5.74) is 7.72. The highest BCUT2D eigenvalue weighted by Crippen LogP contribution is 2.15. The van der Waals surface area contributed by atoms with Crippen LogP contribution in [0.3, 0.4) is 0 Å². The number of carbonyl (C=O) groups excluding carboxylic acids is 1. The number of hydrogen-bond acceptors (Lipinski definition) is 4. The van der Waals surface area contributed by atoms with Crippen LogP contribution in [-0.4, -0.2) is 22.2 Å². The Labute approximate surface area is 128 Å². The normalized spacial score (nSPS) is 10.0. The van der Waals surface area contributed by atoms with Crippen molar-refractivity contribution in [1.82, 2.24) is 15.1 Å². The van der Waals surface area contributed by atoms with Gasteiger partial charge in [0, 0.05) is 17.0 Å². The summed E-state index contributed by atoms with van der Waals surface area (Å²) >= 11 is 1.57. The fourth-order valence-corrected chi connectivity index (χ4v) is 2.73. The minimum atomic E-state index is -0.122. The average Bonchev–Trinajstić information content (AvgIpc) is 3.08. The lowest BCUT2D eigenvalue weighted by atomic mass is 10.2. The van der Waals surface area contributed by atoms with Gasteiger partial charge in [0.05, 0.1) is 18.8 Å². The molecule has 0 aliphatic heterocycles. The molecule has 0 aliphatic carbocycles. The van der Waals surface area contributed by atoms with Crippen molar-refractivity contribution < 1.29 is 4.79 Å². The Hall–Kier alpha value is -2.10. The minimum Gasteiger partial charge on any atom is -0.346 e. The molecule has 0 saturated carbocycles. The van der Waals surface area contributed by atoms with Gasteiger partial charge in [-0.2, -0.15) is 5.10 Å². The predicted molar refractivity (Wildman–Crippen MR) is 84.1 cm³/mol. The van der Waals surface area contributed by atoms with E-state index in [1.165, 1.54) is 0 Å². The van der Waals surface area contributed by atoms with Gasteiger partial charge >= 0.3 is 0 Å². The number of rotatable bonds is 4. The van der Waals surface area contributed by atoms with E-state index >= 15 is 0 Å². The largest absolute Gasteiger partial charge is 0.346 e. The third kappa shape index (κ3) is 3.72. The Morgan fingerprint density at radius 3 is 3.10 bits per heavy atom. The van der Waals surface area contributed by atoms with Crippen LogP contribution < -0.4 is 11.1 Å². The molecule has 0 atom stereocenters. The zero-order valence-electron chi connectivity index (χ0n) is 12.1. The second-order valence-corrected chi connectivity index (χ2v) is 5.43. The van der Waals surface area contributed by atoms with Crippen molar-refractivity contribution in [2.45, 2.75) is 26.9 Å². The molecule has 0 unspecified atom stereocenters. The van der Waals surface area contributed by atoms with Gasteiger partial charge in [-0.1, -0.05) is 11.8 Å². The number of nitrogens with two attached hydrogens (primary N) is 1. The fraction of sp³-hybridized carbons (Fsp3) is 0.333. The quantitative estimate of drug-likeness (QED) is 0.841. The molecule has 0 spiro atoms. The third-order valence-electron chi connectivity index (χ3n) is 2.91. The first-order valence-corrected chi connectivity index (χ1v) is 7.61. The Morgan fingerprint density at radius 1 is 1.57 bits per heavy atom. The van der Waals surface area contributed by atoms with E-state index in [2.05, 4.69) is 22.3 Å². The number of aromatic nitrogens is 2. The van der Waals surface area contributed by atoms with Crippen LogP contribution in [-0.2, 0) is 13.1 Å². The molecule has 0 aliphatic rings. The first-order valence-electron chi connectivity index (χ1n) is 6.73. The number of amides is 1. The maximum atomic E-state index is 12.2. The lowest BCUT2D eigenvalue weighted by molar-refractivity contribution is 0.0940. The van der Waals surface area contributed by atoms with Gasteiger partial charge < -0.3 is 11.1 Å². The number of hydrogen-bond donors (Lipinski definition) is 2. The maximum absolute atomic E-state index is 12.2. The maximum Gasteiger partial charge on any atom is 0.269 e. The molecular weight excluding hydrogens is 284 g/mol. The molecule has 0 aromatic carbocycles. The molecule has 2 rings (SSSR count). The van der Waals surface area contributed by atoms with Crippen molar-refractivity contribution in [3.8, 4) is 11.8 Å². The van der Waals surface area contributed by atoms with Crippen LogP contribution in [0.2, 0.25) is 0 Å². The summed E-state index contributed by atoms with van der Waals surface area (Å²) in [6.07, 6.45) is 0. The van der Waals surface area contributed by atoms with Crippen molar-refractivity contribution in [2.75, 3.05) is 6.54 Å². The molecule has 2 heterocycles. The Bertz CT molecular complexity index is 690. The summed E-state index contributed by atoms with van der Waals surface area (Å²) < 4.78 is 1.70. The summed E-state index contributed by atoms with van der Waals surface area (Å²) in [5, 5.41) is 9.15. The molecule has 0 radical (unpaired) electrons. The van der Waals surface area contributed by atoms with Gasteiger partial charge in [-0.05, 0) is 31.4 Å². The van der Waals surface area contributed by atoms with Gasteiger partial charge in [-0.15, -0.1) is 11.3 Å². The van der Waals surface area contributed by atoms with E-state index in [1.54, 1.807) is 22.1 Å². The Balaban J connectivity index is 2.06. The summed E-state index contributed by atoms with van der Waals surface area (Å²) in [6, 6.07) is 3.73. The third-order valence-corrected chi connectivity index (χ3v) is 3.84. The second kappa shape index (κ2) is 7.07. The minimum absolute atomic E-state index is 0.122. The highest BCUT2D eigenvalue weighted by molar-refractivity contribution is 7.10. The lowest BCUT2D eigenvalue weighted by Crippen LogP contribution is -2.25. The van der Waals surface area contributed by atoms with Crippen LogP contribution in [0, 0.1) is 18.8 Å². The van der Waals surface area contributed by atoms with Crippen molar-refractivity contribution in [3.63, 3.8) is 0 Å². The molecule has 21 heavy (non-hydrogen) atoms. The Morgan fingerprint density at radius 2 is 2.38 bits per heavy atom. The van der Waals surface area contributed by atoms with Crippen molar-refractivity contribution >= 4 is 17.2 Å². The summed E-state index contributed by atoms with van der Waals surface area (Å²) in [4.78, 5) is 13.3. The number of carbonyl (C=O) groups is 1. The number of thiophene rings is 1. The molecular formula is C15H18N4OS. The number of nitrogens with zero attached hydrogens (tertiary/aromatic N) is 2. The molecule has 6 heteroatoms. The average molecular weight is 302 g/mol. The molecule has 2 aromatic rings. The van der Waals surface area contributed by atoms with Crippen molar-refractivity contribution in [1.29, 1.82) is 0 Å². The van der Waals surface area contributed by atoms with E-state index in [9.17, 15) is 4.79 Å². The van der Waals surface area contributed by atoms with E-state index in [4.69, 9.17) is 5.73 Å². The molecule has 1 amide bonds. The lowest BCUT2D eigenvalue weighted by Gasteiger charge is -2.06. The van der Waals surface area contributed by atoms with Gasteiger partial charge in [0.25, 0.3) is 5.91 Å². The van der Waals surface area contributed by atoms with Crippen LogP contribution in [0.5, 0.6) is 0 Å². The number of aryl methyl sites for hydroxylation is 2. The van der Waals surface area contributed by atoms with E-state index in [-0.39, 0.29) is 5.91 Å². The van der Waals surface area contributed by atoms with Crippen LogP contribution in [0.4, 0.5) is 0 Å². The summed E-state index contributed by atoms with van der Waals surface area (Å²) in [6.45, 7) is 5.30. The fourth-order valence-electron chi connectivity index (χ4n) is 1.96. The predicted octanol–water partition coefficient (Wildman–Crippen LogP) is 1.51. The van der Waals surface area contributed by atoms with Crippen molar-refractivity contribution in [2.24, 2.45) is 5.73 Å². The van der Waals surface area contributed by atoms with Crippen LogP contribution in [0.15, 0.2) is 17.5 Å². The van der Waals surface area contributed by atoms with E-state index in [0.29, 0.717) is 25.3 Å². The second-order valence-electron chi connectivity index (χ2n) is 4.43. The topological polar surface area (TPSA) is 72.9 Å². The number of nitrogens with one attached hydrogen (secondary N) is 1. The monoisotopic (exact) mass is 302 g/mol. The van der Waals surface area contributed by atoms with Gasteiger partial charge in [-0.25, -0.2) is 0 Å². The molecule has 0 bridgehead atoms. The van der Waals surface area contributed by atoms with E-state index in [0.717, 1.165) is 16.1 Å². The van der Waals surface area contributed by atoms with Crippen LogP contribution in [0.25, 0.3) is 0 Å². The first-order chi connectivity index (χ1) is 10.2. The highest BCUT2D eigenvalue weighted by Gasteiger charge is 2.13. The molecule has 2 aromatic heterocycles. The Kier molecular flexibility index (Phi) is 5.14. The zero-order valence-corrected chi connectivity index (χ0v) is 13.0. The molecule has 0 saturated heterocycles. The van der Waals surface area contributed by atoms with Crippen molar-refractivity contribution in [3.05, 3.63) is 39.3 Å². The summed E-state index contributed by atoms with van der Waals surface area (Å²) in [5.74, 6) is 5.72. The van der Waals surface area contributed by atoms with E-state index in [1.807, 2.05) is 25.3 Å². The SMILES string of the molecule is CCn1nc(C)cc1C(=O)NCc1sccc1C#CCN.